The third-order valence-electron chi connectivity index (χ3n) is 6.41. The van der Waals surface area contributed by atoms with Gasteiger partial charge >= 0.3 is 0 Å². The first-order chi connectivity index (χ1) is 19.6. The van der Waals surface area contributed by atoms with Gasteiger partial charge in [0.25, 0.3) is 0 Å². The molecular weight excluding hydrogens is 518 g/mol. The van der Waals surface area contributed by atoms with Gasteiger partial charge in [0.1, 0.15) is 23.9 Å². The Bertz CT molecular complexity index is 1530. The lowest BCUT2D eigenvalue weighted by Crippen LogP contribution is -2.22. The number of benzene rings is 4. The number of nitrogens with zero attached hydrogens (tertiary/aromatic N) is 1. The molecule has 0 saturated carbocycles. The van der Waals surface area contributed by atoms with Gasteiger partial charge in [-0.1, -0.05) is 54.6 Å². The number of carbonyl (C=O) groups excluding carboxylic acids is 1. The Kier molecular flexibility index (Phi) is 8.59. The molecule has 40 heavy (non-hydrogen) atoms. The molecule has 4 aromatic carbocycles. The van der Waals surface area contributed by atoms with Gasteiger partial charge in [0.05, 0.1) is 4.88 Å². The van der Waals surface area contributed by atoms with Gasteiger partial charge in [0.2, 0.25) is 0 Å². The maximum absolute atomic E-state index is 11.1. The fourth-order valence-corrected chi connectivity index (χ4v) is 5.02. The Morgan fingerprint density at radius 3 is 1.90 bits per heavy atom. The summed E-state index contributed by atoms with van der Waals surface area (Å²) < 4.78 is 6.36. The maximum Gasteiger partial charge on any atom is 0.160 e. The smallest absolute Gasteiger partial charge is 0.160 e. The summed E-state index contributed by atoms with van der Waals surface area (Å²) in [5.41, 5.74) is 5.07. The number of ether oxygens (including phenoxy) is 1. The quantitative estimate of drug-likeness (QED) is 0.164. The third kappa shape index (κ3) is 7.18. The zero-order valence-corrected chi connectivity index (χ0v) is 22.6. The minimum atomic E-state index is 0.229. The summed E-state index contributed by atoms with van der Waals surface area (Å²) in [4.78, 5) is 15.0. The molecule has 0 atom stereocenters. The summed E-state index contributed by atoms with van der Waals surface area (Å²) in [7, 11) is 0. The first-order valence-corrected chi connectivity index (χ1v) is 13.7. The van der Waals surface area contributed by atoms with Crippen LogP contribution in [-0.4, -0.2) is 16.5 Å². The highest BCUT2D eigenvalue weighted by Crippen LogP contribution is 2.31. The molecule has 5 rings (SSSR count). The SMILES string of the molecule is O=Cc1ccc(C=Cc2ccc(N(Cc3ccc(O)cc3)Cc3ccc(O)cc3)cc2OCc2ccccc2)s1. The highest BCUT2D eigenvalue weighted by atomic mass is 32.1. The van der Waals surface area contributed by atoms with Gasteiger partial charge in [-0.3, -0.25) is 4.79 Å². The van der Waals surface area contributed by atoms with Crippen molar-refractivity contribution in [3.63, 3.8) is 0 Å². The molecule has 0 radical (unpaired) electrons. The molecule has 0 aliphatic heterocycles. The number of thiophene rings is 1. The monoisotopic (exact) mass is 547 g/mol. The number of hydrogen-bond donors (Lipinski definition) is 2. The number of aldehydes is 1. The molecule has 0 amide bonds. The van der Waals surface area contributed by atoms with E-state index in [9.17, 15) is 15.0 Å². The Labute approximate surface area is 237 Å². The van der Waals surface area contributed by atoms with Gasteiger partial charge < -0.3 is 19.8 Å². The van der Waals surface area contributed by atoms with E-state index in [1.165, 1.54) is 11.3 Å². The molecule has 0 aliphatic rings. The number of hydrogen-bond acceptors (Lipinski definition) is 6. The molecule has 1 heterocycles. The number of carbonyl (C=O) groups is 1. The number of phenols is 2. The van der Waals surface area contributed by atoms with Crippen molar-refractivity contribution in [3.05, 3.63) is 141 Å². The fraction of sp³-hybridized carbons (Fsp3) is 0.0882. The second kappa shape index (κ2) is 12.8. The van der Waals surface area contributed by atoms with Crippen molar-refractivity contribution in [2.45, 2.75) is 19.7 Å². The molecule has 5 nitrogen and oxygen atoms in total. The molecule has 0 aliphatic carbocycles. The van der Waals surface area contributed by atoms with Crippen LogP contribution in [0.2, 0.25) is 0 Å². The number of phenolic OH excluding ortho intramolecular Hbond substituents is 2. The minimum Gasteiger partial charge on any atom is -0.508 e. The summed E-state index contributed by atoms with van der Waals surface area (Å²) in [5.74, 6) is 1.20. The van der Waals surface area contributed by atoms with E-state index < -0.39 is 0 Å². The fourth-order valence-electron chi connectivity index (χ4n) is 4.29. The van der Waals surface area contributed by atoms with Crippen LogP contribution in [0.3, 0.4) is 0 Å². The third-order valence-corrected chi connectivity index (χ3v) is 7.39. The Balaban J connectivity index is 1.48. The van der Waals surface area contributed by atoms with Crippen molar-refractivity contribution in [1.29, 1.82) is 0 Å². The second-order valence-corrected chi connectivity index (χ2v) is 10.5. The van der Waals surface area contributed by atoms with Crippen LogP contribution in [0.15, 0.2) is 109 Å². The number of anilines is 1. The van der Waals surface area contributed by atoms with E-state index in [1.54, 1.807) is 24.3 Å². The summed E-state index contributed by atoms with van der Waals surface area (Å²) in [5, 5.41) is 19.5. The Morgan fingerprint density at radius 2 is 1.30 bits per heavy atom. The molecule has 0 fully saturated rings. The van der Waals surface area contributed by atoms with Crippen molar-refractivity contribution in [1.82, 2.24) is 0 Å². The lowest BCUT2D eigenvalue weighted by molar-refractivity contribution is 0.112. The molecule has 0 unspecified atom stereocenters. The van der Waals surface area contributed by atoms with Gasteiger partial charge in [-0.15, -0.1) is 11.3 Å². The predicted molar refractivity (Wildman–Crippen MR) is 162 cm³/mol. The van der Waals surface area contributed by atoms with Crippen LogP contribution in [-0.2, 0) is 19.7 Å². The molecule has 6 heteroatoms. The van der Waals surface area contributed by atoms with Crippen LogP contribution in [0.4, 0.5) is 5.69 Å². The molecule has 1 aromatic heterocycles. The zero-order chi connectivity index (χ0) is 27.7. The first-order valence-electron chi connectivity index (χ1n) is 12.9. The van der Waals surface area contributed by atoms with Gasteiger partial charge in [-0.05, 0) is 77.4 Å². The highest BCUT2D eigenvalue weighted by Gasteiger charge is 2.13. The van der Waals surface area contributed by atoms with Gasteiger partial charge in [0.15, 0.2) is 6.29 Å². The van der Waals surface area contributed by atoms with Crippen molar-refractivity contribution in [2.75, 3.05) is 4.90 Å². The maximum atomic E-state index is 11.1. The van der Waals surface area contributed by atoms with E-state index in [-0.39, 0.29) is 11.5 Å². The minimum absolute atomic E-state index is 0.229. The average molecular weight is 548 g/mol. The average Bonchev–Trinajstić information content (AvgIpc) is 3.46. The first kappa shape index (κ1) is 26.8. The van der Waals surface area contributed by atoms with E-state index in [0.29, 0.717) is 24.6 Å². The lowest BCUT2D eigenvalue weighted by Gasteiger charge is -2.26. The standard InChI is InChI=1S/C34H29NO4S/c36-23-33-19-18-32(40-33)17-11-28-10-12-29(20-34(28)39-24-27-4-2-1-3-5-27)35(21-25-6-13-30(37)14-7-25)22-26-8-15-31(38)16-9-26/h1-20,23,37-38H,21-22,24H2. The predicted octanol–water partition coefficient (Wildman–Crippen LogP) is 7.93. The summed E-state index contributed by atoms with van der Waals surface area (Å²) >= 11 is 1.44. The van der Waals surface area contributed by atoms with Crippen LogP contribution in [0, 0.1) is 0 Å². The van der Waals surface area contributed by atoms with Crippen LogP contribution < -0.4 is 9.64 Å². The van der Waals surface area contributed by atoms with E-state index >= 15 is 0 Å². The van der Waals surface area contributed by atoms with Crippen LogP contribution in [0.25, 0.3) is 12.2 Å². The van der Waals surface area contributed by atoms with E-state index in [4.69, 9.17) is 4.74 Å². The number of rotatable bonds is 11. The van der Waals surface area contributed by atoms with Crippen LogP contribution >= 0.6 is 11.3 Å². The van der Waals surface area contributed by atoms with Gasteiger partial charge in [-0.25, -0.2) is 0 Å². The second-order valence-electron chi connectivity index (χ2n) is 9.38. The van der Waals surface area contributed by atoms with E-state index in [2.05, 4.69) is 17.0 Å². The van der Waals surface area contributed by atoms with Crippen LogP contribution in [0.5, 0.6) is 17.2 Å². The molecule has 0 spiro atoms. The zero-order valence-electron chi connectivity index (χ0n) is 21.8. The summed E-state index contributed by atoms with van der Waals surface area (Å²) in [6.07, 6.45) is 4.86. The highest BCUT2D eigenvalue weighted by molar-refractivity contribution is 7.14. The van der Waals surface area contributed by atoms with E-state index in [1.807, 2.05) is 84.9 Å². The molecule has 200 valence electrons. The largest absolute Gasteiger partial charge is 0.508 e. The molecule has 0 bridgehead atoms. The van der Waals surface area contributed by atoms with Crippen LogP contribution in [0.1, 0.15) is 36.8 Å². The topological polar surface area (TPSA) is 70.0 Å². The molecule has 5 aromatic rings. The summed E-state index contributed by atoms with van der Waals surface area (Å²) in [6, 6.07) is 34.4. The van der Waals surface area contributed by atoms with Crippen molar-refractivity contribution < 1.29 is 19.7 Å². The Hall–Kier alpha value is -4.81. The van der Waals surface area contributed by atoms with Crippen molar-refractivity contribution >= 4 is 35.5 Å². The van der Waals surface area contributed by atoms with E-state index in [0.717, 1.165) is 44.9 Å². The summed E-state index contributed by atoms with van der Waals surface area (Å²) in [6.45, 7) is 1.64. The normalized spacial score (nSPS) is 11.0. The van der Waals surface area contributed by atoms with Gasteiger partial charge in [0, 0.05) is 35.3 Å². The van der Waals surface area contributed by atoms with Crippen molar-refractivity contribution in [3.8, 4) is 17.2 Å². The van der Waals surface area contributed by atoms with Crippen molar-refractivity contribution in [2.24, 2.45) is 0 Å². The molecule has 2 N–H and O–H groups in total. The molecule has 0 saturated heterocycles. The molecular formula is C34H29NO4S. The number of aromatic hydroxyl groups is 2. The Morgan fingerprint density at radius 1 is 0.675 bits per heavy atom. The van der Waals surface area contributed by atoms with Gasteiger partial charge in [-0.2, -0.15) is 0 Å². The lowest BCUT2D eigenvalue weighted by atomic mass is 10.1.